The minimum absolute atomic E-state index is 0.144. The summed E-state index contributed by atoms with van der Waals surface area (Å²) >= 11 is 0. The Labute approximate surface area is 49.3 Å². The molecule has 1 heterocycles. The van der Waals surface area contributed by atoms with Gasteiger partial charge in [0.15, 0.2) is 0 Å². The molecule has 0 saturated heterocycles. The lowest BCUT2D eigenvalue weighted by molar-refractivity contribution is 0.661. The van der Waals surface area contributed by atoms with Crippen molar-refractivity contribution in [2.24, 2.45) is 10.5 Å². The van der Waals surface area contributed by atoms with Crippen molar-refractivity contribution in [2.45, 2.75) is 13.8 Å². The zero-order valence-corrected chi connectivity index (χ0v) is 5.18. The molecule has 44 valence electrons. The van der Waals surface area contributed by atoms with Gasteiger partial charge in [0.1, 0.15) is 0 Å². The van der Waals surface area contributed by atoms with E-state index in [1.54, 1.807) is 0 Å². The van der Waals surface area contributed by atoms with Gasteiger partial charge in [0.05, 0.1) is 0 Å². The van der Waals surface area contributed by atoms with Crippen LogP contribution in [0.15, 0.2) is 17.4 Å². The van der Waals surface area contributed by atoms with E-state index in [2.05, 4.69) is 30.5 Å². The van der Waals surface area contributed by atoms with Gasteiger partial charge < -0.3 is 0 Å². The van der Waals surface area contributed by atoms with Crippen LogP contribution >= 0.6 is 0 Å². The maximum Gasteiger partial charge on any atom is 0.0341 e. The third kappa shape index (κ3) is 1.09. The molecule has 2 heteroatoms. The molecule has 1 N–H and O–H groups in total. The summed E-state index contributed by atoms with van der Waals surface area (Å²) in [6.07, 6.45) is 5.80. The smallest absolute Gasteiger partial charge is 0.0341 e. The van der Waals surface area contributed by atoms with Crippen LogP contribution in [0.5, 0.6) is 0 Å². The van der Waals surface area contributed by atoms with Crippen molar-refractivity contribution in [3.8, 4) is 0 Å². The van der Waals surface area contributed by atoms with E-state index in [1.165, 1.54) is 0 Å². The minimum atomic E-state index is 0.144. The molecule has 0 bridgehead atoms. The second kappa shape index (κ2) is 1.62. The quantitative estimate of drug-likeness (QED) is 0.496. The molecule has 0 aromatic rings. The molecule has 1 rings (SSSR count). The maximum atomic E-state index is 3.87. The molecule has 1 aliphatic heterocycles. The first-order valence-electron chi connectivity index (χ1n) is 2.68. The molecule has 8 heavy (non-hydrogen) atoms. The fourth-order valence-corrected chi connectivity index (χ4v) is 0.542. The molecule has 0 radical (unpaired) electrons. The summed E-state index contributed by atoms with van der Waals surface area (Å²) in [6.45, 7) is 4.21. The molecule has 1 aliphatic rings. The number of hydrogen-bond acceptors (Lipinski definition) is 2. The van der Waals surface area contributed by atoms with Crippen LogP contribution in [0.3, 0.4) is 0 Å². The first-order valence-corrected chi connectivity index (χ1v) is 2.68. The number of nitrogens with zero attached hydrogens (tertiary/aromatic N) is 1. The van der Waals surface area contributed by atoms with Crippen LogP contribution in [-0.2, 0) is 0 Å². The molecule has 2 nitrogen and oxygen atoms in total. The highest BCUT2D eigenvalue weighted by molar-refractivity contribution is 5.68. The third-order valence-electron chi connectivity index (χ3n) is 1.06. The van der Waals surface area contributed by atoms with Gasteiger partial charge in [0.25, 0.3) is 0 Å². The van der Waals surface area contributed by atoms with Crippen LogP contribution in [0, 0.1) is 5.41 Å². The van der Waals surface area contributed by atoms with Crippen molar-refractivity contribution in [3.63, 3.8) is 0 Å². The highest BCUT2D eigenvalue weighted by Gasteiger charge is 2.10. The zero-order chi connectivity index (χ0) is 6.04. The topological polar surface area (TPSA) is 24.4 Å². The van der Waals surface area contributed by atoms with Crippen LogP contribution in [0.1, 0.15) is 13.8 Å². The van der Waals surface area contributed by atoms with E-state index in [1.807, 2.05) is 12.4 Å². The molecule has 0 saturated carbocycles. The largest absolute Gasteiger partial charge is 0.286 e. The molecule has 0 atom stereocenters. The molecule has 0 aliphatic carbocycles. The average Bonchev–Trinajstić information content (AvgIpc) is 1.65. The summed E-state index contributed by atoms with van der Waals surface area (Å²) < 4.78 is 0. The number of nitrogens with one attached hydrogen (secondary N) is 1. The summed E-state index contributed by atoms with van der Waals surface area (Å²) in [5, 5.41) is 3.87. The lowest BCUT2D eigenvalue weighted by Crippen LogP contribution is -2.16. The van der Waals surface area contributed by atoms with Crippen LogP contribution < -0.4 is 5.43 Å². The van der Waals surface area contributed by atoms with Crippen LogP contribution in [0.2, 0.25) is 0 Å². The Bertz CT molecular complexity index is 119. The summed E-state index contributed by atoms with van der Waals surface area (Å²) in [7, 11) is 0. The minimum Gasteiger partial charge on any atom is -0.286 e. The first kappa shape index (κ1) is 5.35. The predicted octanol–water partition coefficient (Wildman–Crippen LogP) is 1.12. The van der Waals surface area contributed by atoms with Gasteiger partial charge in [-0.15, -0.1) is 0 Å². The number of hydrogen-bond donors (Lipinski definition) is 1. The summed E-state index contributed by atoms with van der Waals surface area (Å²) in [5.41, 5.74) is 2.87. The Balaban J connectivity index is 2.69. The summed E-state index contributed by atoms with van der Waals surface area (Å²) in [4.78, 5) is 0. The van der Waals surface area contributed by atoms with Gasteiger partial charge in [-0.05, 0) is 0 Å². The lowest BCUT2D eigenvalue weighted by Gasteiger charge is -2.15. The van der Waals surface area contributed by atoms with Gasteiger partial charge in [0.2, 0.25) is 0 Å². The maximum absolute atomic E-state index is 3.87. The number of allylic oxidation sites excluding steroid dienone is 1. The van der Waals surface area contributed by atoms with E-state index in [0.717, 1.165) is 0 Å². The molecule has 0 aromatic carbocycles. The van der Waals surface area contributed by atoms with Crippen LogP contribution in [0.25, 0.3) is 0 Å². The summed E-state index contributed by atoms with van der Waals surface area (Å²) in [5.74, 6) is 0. The SMILES string of the molecule is CC1(C)C=CNN=C1. The standard InChI is InChI=1S/C6H10N2/c1-6(2)3-4-7-8-5-6/h3-5,7H,1-2H3. The Morgan fingerprint density at radius 2 is 2.25 bits per heavy atom. The molecule has 0 aromatic heterocycles. The van der Waals surface area contributed by atoms with Gasteiger partial charge in [0, 0.05) is 17.8 Å². The average molecular weight is 110 g/mol. The fraction of sp³-hybridized carbons (Fsp3) is 0.500. The lowest BCUT2D eigenvalue weighted by atomic mass is 9.95. The Kier molecular flexibility index (Phi) is 1.08. The van der Waals surface area contributed by atoms with Crippen molar-refractivity contribution in [1.82, 2.24) is 5.43 Å². The van der Waals surface area contributed by atoms with Gasteiger partial charge in [-0.1, -0.05) is 19.9 Å². The zero-order valence-electron chi connectivity index (χ0n) is 5.18. The highest BCUT2D eigenvalue weighted by Crippen LogP contribution is 2.14. The molecular weight excluding hydrogens is 100 g/mol. The van der Waals surface area contributed by atoms with Gasteiger partial charge in [-0.3, -0.25) is 5.43 Å². The normalized spacial score (nSPS) is 22.8. The Morgan fingerprint density at radius 3 is 2.50 bits per heavy atom. The van der Waals surface area contributed by atoms with Crippen molar-refractivity contribution in [3.05, 3.63) is 12.3 Å². The molecular formula is C6H10N2. The van der Waals surface area contributed by atoms with Crippen molar-refractivity contribution in [1.29, 1.82) is 0 Å². The summed E-state index contributed by atoms with van der Waals surface area (Å²) in [6, 6.07) is 0. The molecule has 0 spiro atoms. The van der Waals surface area contributed by atoms with E-state index >= 15 is 0 Å². The third-order valence-corrected chi connectivity index (χ3v) is 1.06. The van der Waals surface area contributed by atoms with E-state index in [9.17, 15) is 0 Å². The van der Waals surface area contributed by atoms with E-state index < -0.39 is 0 Å². The van der Waals surface area contributed by atoms with Crippen LogP contribution in [0.4, 0.5) is 0 Å². The number of rotatable bonds is 0. The second-order valence-electron chi connectivity index (χ2n) is 2.54. The predicted molar refractivity (Wildman–Crippen MR) is 34.5 cm³/mol. The van der Waals surface area contributed by atoms with Crippen molar-refractivity contribution < 1.29 is 0 Å². The Morgan fingerprint density at radius 1 is 1.50 bits per heavy atom. The van der Waals surface area contributed by atoms with Crippen molar-refractivity contribution in [2.75, 3.05) is 0 Å². The monoisotopic (exact) mass is 110 g/mol. The van der Waals surface area contributed by atoms with Gasteiger partial charge in [-0.2, -0.15) is 5.10 Å². The van der Waals surface area contributed by atoms with Gasteiger partial charge >= 0.3 is 0 Å². The molecule has 0 unspecified atom stereocenters. The first-order chi connectivity index (χ1) is 3.71. The molecule has 0 amide bonds. The van der Waals surface area contributed by atoms with E-state index in [4.69, 9.17) is 0 Å². The molecule has 0 fully saturated rings. The van der Waals surface area contributed by atoms with E-state index in [-0.39, 0.29) is 5.41 Å². The second-order valence-corrected chi connectivity index (χ2v) is 2.54. The number of hydrazone groups is 1. The Hall–Kier alpha value is -0.790. The van der Waals surface area contributed by atoms with E-state index in [0.29, 0.717) is 0 Å². The fourth-order valence-electron chi connectivity index (χ4n) is 0.542. The van der Waals surface area contributed by atoms with Crippen LogP contribution in [-0.4, -0.2) is 6.21 Å². The highest BCUT2D eigenvalue weighted by atomic mass is 15.3. The van der Waals surface area contributed by atoms with Gasteiger partial charge in [-0.25, -0.2) is 0 Å². The van der Waals surface area contributed by atoms with Crippen molar-refractivity contribution >= 4 is 6.21 Å².